The summed E-state index contributed by atoms with van der Waals surface area (Å²) in [5, 5.41) is 0. The Hall–Kier alpha value is -8.07. The number of hydrogen-bond donors (Lipinski definition) is 3. The third kappa shape index (κ3) is 8.92. The molecule has 0 unspecified atom stereocenters. The Bertz CT molecular complexity index is 4530. The summed E-state index contributed by atoms with van der Waals surface area (Å²) < 4.78 is 19.3. The van der Waals surface area contributed by atoms with Crippen LogP contribution in [0.15, 0.2) is 70.1 Å². The zero-order valence-electron chi connectivity index (χ0n) is 40.0. The Morgan fingerprint density at radius 1 is 0.394 bits per heavy atom. The van der Waals surface area contributed by atoms with Gasteiger partial charge in [0.25, 0.3) is 27.8 Å². The van der Waals surface area contributed by atoms with E-state index in [-0.39, 0.29) is 33.7 Å². The number of aromatic amines is 3. The van der Waals surface area contributed by atoms with Gasteiger partial charge in [-0.2, -0.15) is 0 Å². The highest BCUT2D eigenvalue weighted by Gasteiger charge is 2.17. The number of halogens is 2. The lowest BCUT2D eigenvalue weighted by Gasteiger charge is -2.03. The van der Waals surface area contributed by atoms with Crippen molar-refractivity contribution in [3.05, 3.63) is 131 Å². The maximum atomic E-state index is 11.8. The molecule has 0 saturated carbocycles. The van der Waals surface area contributed by atoms with Crippen LogP contribution in [0.4, 0.5) is 0 Å². The van der Waals surface area contributed by atoms with Crippen molar-refractivity contribution in [1.29, 1.82) is 0 Å². The Morgan fingerprint density at radius 3 is 1.27 bits per heavy atom. The highest BCUT2D eigenvalue weighted by atomic mass is 79.9. The normalized spacial score (nSPS) is 11.1. The van der Waals surface area contributed by atoms with Crippen LogP contribution in [-0.4, -0.2) is 94.3 Å². The van der Waals surface area contributed by atoms with Crippen molar-refractivity contribution in [3.63, 3.8) is 0 Å². The molecule has 376 valence electrons. The van der Waals surface area contributed by atoms with Crippen LogP contribution in [0.5, 0.6) is 0 Å². The summed E-state index contributed by atoms with van der Waals surface area (Å²) in [5.74, 6) is 0. The van der Waals surface area contributed by atoms with Crippen LogP contribution in [0.2, 0.25) is 0 Å². The zero-order valence-corrected chi connectivity index (χ0v) is 44.0. The van der Waals surface area contributed by atoms with Crippen LogP contribution in [0.25, 0.3) is 55.8 Å². The van der Waals surface area contributed by atoms with Gasteiger partial charge in [-0.05, 0) is 44.1 Å². The summed E-state index contributed by atoms with van der Waals surface area (Å²) in [5.41, 5.74) is 0.208. The van der Waals surface area contributed by atoms with Crippen LogP contribution in [0.3, 0.4) is 0 Å². The molecule has 0 aromatic carbocycles. The van der Waals surface area contributed by atoms with Crippen molar-refractivity contribution in [1.82, 2.24) is 94.3 Å². The third-order valence-electron chi connectivity index (χ3n) is 11.3. The average molecular weight is 1130 g/mol. The van der Waals surface area contributed by atoms with Gasteiger partial charge in [0.2, 0.25) is 0 Å². The van der Waals surface area contributed by atoms with Crippen molar-refractivity contribution in [2.45, 2.75) is 0 Å². The van der Waals surface area contributed by atoms with Gasteiger partial charge in [-0.25, -0.2) is 43.9 Å². The molecule has 10 rings (SSSR count). The predicted molar refractivity (Wildman–Crippen MR) is 270 cm³/mol. The molecule has 0 bridgehead atoms. The van der Waals surface area contributed by atoms with Gasteiger partial charge in [0, 0.05) is 91.6 Å². The van der Waals surface area contributed by atoms with E-state index in [1.165, 1.54) is 56.6 Å². The number of aryl methyl sites for hydroxylation is 10. The van der Waals surface area contributed by atoms with Crippen molar-refractivity contribution in [2.24, 2.45) is 91.6 Å². The van der Waals surface area contributed by atoms with E-state index in [4.69, 9.17) is 12.2 Å². The molecule has 0 atom stereocenters. The van der Waals surface area contributed by atoms with Crippen LogP contribution < -0.4 is 56.2 Å². The Morgan fingerprint density at radius 2 is 0.761 bits per heavy atom. The van der Waals surface area contributed by atoms with E-state index < -0.39 is 22.5 Å². The van der Waals surface area contributed by atoms with E-state index in [1.54, 1.807) is 93.3 Å². The predicted octanol–water partition coefficient (Wildman–Crippen LogP) is -2.98. The van der Waals surface area contributed by atoms with Gasteiger partial charge < -0.3 is 27.8 Å². The highest BCUT2D eigenvalue weighted by Crippen LogP contribution is 2.14. The SMILES string of the molecule is Cn1c(=O)c2c([nH]c(=S)n2C)n(C)c1=O.Cn1c(=O)c2c(nc(Br)n2C)n(C)c1=O.Cn1c(=O)c2c(ncn2C)n(C)c1=O.Cn1c(Br)nc2c1c(=O)[nH]c(=O)n2C.Cn1cnc2c1c(=O)[nH]c(=O)n2C. The van der Waals surface area contributed by atoms with Gasteiger partial charge in [-0.1, -0.05) is 0 Å². The topological polar surface area (TPSA) is 334 Å². The second kappa shape index (κ2) is 19.4. The first-order chi connectivity index (χ1) is 33.1. The molecule has 0 saturated heterocycles. The van der Waals surface area contributed by atoms with Gasteiger partial charge in [0.05, 0.1) is 12.7 Å². The van der Waals surface area contributed by atoms with E-state index in [9.17, 15) is 47.9 Å². The first kappa shape index (κ1) is 52.3. The van der Waals surface area contributed by atoms with Crippen molar-refractivity contribution in [2.75, 3.05) is 0 Å². The molecule has 0 amide bonds. The Labute approximate surface area is 415 Å². The largest absolute Gasteiger partial charge is 0.332 e. The number of nitrogens with one attached hydrogen (secondary N) is 3. The van der Waals surface area contributed by atoms with E-state index in [0.29, 0.717) is 70.1 Å². The lowest BCUT2D eigenvalue weighted by molar-refractivity contribution is 0.705. The quantitative estimate of drug-likeness (QED) is 0.101. The van der Waals surface area contributed by atoms with Crippen LogP contribution >= 0.6 is 44.1 Å². The molecule has 71 heavy (non-hydrogen) atoms. The maximum absolute atomic E-state index is 11.8. The second-order valence-corrected chi connectivity index (χ2v) is 17.5. The summed E-state index contributed by atoms with van der Waals surface area (Å²) in [4.78, 5) is 138. The molecule has 10 aromatic heterocycles. The number of hydrogen-bond acceptors (Lipinski definition) is 15. The molecule has 0 aliphatic carbocycles. The number of imidazole rings is 5. The Kier molecular flexibility index (Phi) is 14.3. The fourth-order valence-corrected chi connectivity index (χ4v) is 7.94. The first-order valence-corrected chi connectivity index (χ1v) is 22.2. The van der Waals surface area contributed by atoms with Crippen LogP contribution in [0.1, 0.15) is 0 Å². The maximum Gasteiger partial charge on any atom is 0.332 e. The minimum absolute atomic E-state index is 0.317. The van der Waals surface area contributed by atoms with E-state index in [0.717, 1.165) is 13.7 Å². The lowest BCUT2D eigenvalue weighted by Crippen LogP contribution is -2.37. The summed E-state index contributed by atoms with van der Waals surface area (Å²) in [6.07, 6.45) is 3.02. The fraction of sp³-hybridized carbons (Fsp3) is 0.342. The van der Waals surface area contributed by atoms with E-state index >= 15 is 0 Å². The summed E-state index contributed by atoms with van der Waals surface area (Å²) >= 11 is 11.4. The summed E-state index contributed by atoms with van der Waals surface area (Å²) in [7, 11) is 20.8. The molecule has 0 aliphatic heterocycles. The van der Waals surface area contributed by atoms with E-state index in [1.807, 2.05) is 0 Å². The number of fused-ring (bicyclic) bond motifs is 5. The fourth-order valence-electron chi connectivity index (χ4n) is 7.06. The van der Waals surface area contributed by atoms with Crippen molar-refractivity contribution >= 4 is 99.9 Å². The van der Waals surface area contributed by atoms with Crippen LogP contribution in [0, 0.1) is 4.77 Å². The molecular weight excluding hydrogens is 1090 g/mol. The first-order valence-electron chi connectivity index (χ1n) is 20.2. The van der Waals surface area contributed by atoms with Gasteiger partial charge in [0.15, 0.2) is 64.4 Å². The number of nitrogens with zero attached hydrogens (tertiary/aromatic N) is 17. The average Bonchev–Trinajstić information content (AvgIpc) is 4.14. The van der Waals surface area contributed by atoms with Gasteiger partial charge in [-0.15, -0.1) is 0 Å². The second-order valence-electron chi connectivity index (χ2n) is 15.7. The number of H-pyrrole nitrogens is 3. The molecule has 10 heterocycles. The van der Waals surface area contributed by atoms with Crippen molar-refractivity contribution in [3.8, 4) is 0 Å². The Balaban J connectivity index is 0.000000145. The minimum Gasteiger partial charge on any atom is -0.328 e. The molecular formula is C38H44Br2N20O10S. The van der Waals surface area contributed by atoms with E-state index in [2.05, 4.69) is 66.7 Å². The smallest absolute Gasteiger partial charge is 0.328 e. The standard InChI is InChI=1S/C8H9BrN4O2.C8H10N4O2S.C8H10N4O2.C7H7BrN4O2.C7H8N4O2/c1-11-4-5(10-7(11)9)12(2)8(15)13(3)6(4)14;1-10-4-5(9-7(10)15)11(2)8(14)12(3)6(4)13;1-10-4-9-6-5(10)7(13)12(3)8(14)11(6)2;1-11-3-4(9-6(11)8)12(2)7(14)10-5(3)13;1-10-3-8-5-4(10)6(12)9-7(13)11(5)2/h1-3H3;1-3H3,(H,9,15);4H,1-3H3;1-2H3,(H,10,13,14);3H,1-2H3,(H,9,12,13). The molecule has 0 spiro atoms. The molecule has 30 nitrogen and oxygen atoms in total. The third-order valence-corrected chi connectivity index (χ3v) is 13.1. The van der Waals surface area contributed by atoms with Crippen LogP contribution in [-0.2, 0) is 91.6 Å². The van der Waals surface area contributed by atoms with Crippen molar-refractivity contribution < 1.29 is 0 Å². The lowest BCUT2D eigenvalue weighted by atomic mass is 10.5. The van der Waals surface area contributed by atoms with Gasteiger partial charge >= 0.3 is 28.4 Å². The molecule has 33 heteroatoms. The highest BCUT2D eigenvalue weighted by molar-refractivity contribution is 9.10. The molecule has 10 aromatic rings. The summed E-state index contributed by atoms with van der Waals surface area (Å²) in [6.45, 7) is 0. The summed E-state index contributed by atoms with van der Waals surface area (Å²) in [6, 6.07) is 0. The molecule has 0 fully saturated rings. The molecule has 0 radical (unpaired) electrons. The van der Waals surface area contributed by atoms with Gasteiger partial charge in [0.1, 0.15) is 5.65 Å². The molecule has 0 aliphatic rings. The number of aromatic nitrogens is 20. The van der Waals surface area contributed by atoms with Gasteiger partial charge in [-0.3, -0.25) is 70.5 Å². The monoisotopic (exact) mass is 1130 g/mol. The molecule has 3 N–H and O–H groups in total. The minimum atomic E-state index is -0.465. The number of rotatable bonds is 0. The zero-order chi connectivity index (χ0) is 53.1.